The first kappa shape index (κ1) is 15.8. The third-order valence-electron chi connectivity index (χ3n) is 4.16. The van der Waals surface area contributed by atoms with Crippen molar-refractivity contribution in [2.75, 3.05) is 11.4 Å². The van der Waals surface area contributed by atoms with Crippen molar-refractivity contribution in [2.24, 2.45) is 0 Å². The lowest BCUT2D eigenvalue weighted by Gasteiger charge is -2.32. The van der Waals surface area contributed by atoms with Gasteiger partial charge in [-0.15, -0.1) is 5.10 Å². The molecule has 0 atom stereocenters. The summed E-state index contributed by atoms with van der Waals surface area (Å²) in [7, 11) is 0. The lowest BCUT2D eigenvalue weighted by molar-refractivity contribution is 0.0887. The van der Waals surface area contributed by atoms with Gasteiger partial charge in [0.15, 0.2) is 5.82 Å². The highest BCUT2D eigenvalue weighted by Gasteiger charge is 2.23. The van der Waals surface area contributed by atoms with E-state index in [1.807, 2.05) is 19.1 Å². The second-order valence-electron chi connectivity index (χ2n) is 5.69. The van der Waals surface area contributed by atoms with Crippen LogP contribution < -0.4 is 4.90 Å². The average Bonchev–Trinajstić information content (AvgIpc) is 3.13. The Bertz CT molecular complexity index is 878. The van der Waals surface area contributed by atoms with E-state index in [4.69, 9.17) is 0 Å². The minimum atomic E-state index is -0.0880. The number of tetrazole rings is 1. The van der Waals surface area contributed by atoms with Crippen LogP contribution in [0.1, 0.15) is 24.0 Å². The molecule has 0 saturated carbocycles. The molecule has 0 N–H and O–H groups in total. The Balaban J connectivity index is 1.65. The number of rotatable bonds is 4. The lowest BCUT2D eigenvalue weighted by Crippen LogP contribution is -2.25. The van der Waals surface area contributed by atoms with Crippen molar-refractivity contribution in [3.05, 3.63) is 54.4 Å². The zero-order valence-corrected chi connectivity index (χ0v) is 14.6. The van der Waals surface area contributed by atoms with E-state index in [1.54, 1.807) is 11.8 Å². The SMILES string of the molecule is CCC(=O)n1nnnc1CCN1c2ccccc2Sc2ccccc21. The summed E-state index contributed by atoms with van der Waals surface area (Å²) < 4.78 is 1.32. The van der Waals surface area contributed by atoms with Crippen molar-refractivity contribution in [1.29, 1.82) is 0 Å². The second kappa shape index (κ2) is 6.68. The maximum absolute atomic E-state index is 11.9. The van der Waals surface area contributed by atoms with E-state index in [9.17, 15) is 4.79 Å². The van der Waals surface area contributed by atoms with Crippen LogP contribution >= 0.6 is 11.8 Å². The van der Waals surface area contributed by atoms with Crippen molar-refractivity contribution < 1.29 is 4.79 Å². The summed E-state index contributed by atoms with van der Waals surface area (Å²) in [4.78, 5) is 16.7. The van der Waals surface area contributed by atoms with Gasteiger partial charge in [-0.3, -0.25) is 4.79 Å². The van der Waals surface area contributed by atoms with Crippen molar-refractivity contribution in [1.82, 2.24) is 20.2 Å². The van der Waals surface area contributed by atoms with Gasteiger partial charge in [0.05, 0.1) is 11.4 Å². The van der Waals surface area contributed by atoms with Gasteiger partial charge in [0.1, 0.15) is 0 Å². The van der Waals surface area contributed by atoms with Gasteiger partial charge >= 0.3 is 0 Å². The van der Waals surface area contributed by atoms with E-state index in [-0.39, 0.29) is 5.91 Å². The van der Waals surface area contributed by atoms with Gasteiger partial charge in [-0.2, -0.15) is 4.68 Å². The number of carbonyl (C=O) groups is 1. The summed E-state index contributed by atoms with van der Waals surface area (Å²) in [6.07, 6.45) is 0.968. The zero-order chi connectivity index (χ0) is 17.2. The predicted molar refractivity (Wildman–Crippen MR) is 96.5 cm³/mol. The minimum absolute atomic E-state index is 0.0880. The van der Waals surface area contributed by atoms with Crippen molar-refractivity contribution in [2.45, 2.75) is 29.6 Å². The molecule has 2 aromatic carbocycles. The summed E-state index contributed by atoms with van der Waals surface area (Å²) in [5.41, 5.74) is 2.35. The van der Waals surface area contributed by atoms with Gasteiger partial charge in [-0.25, -0.2) is 0 Å². The molecule has 4 rings (SSSR count). The van der Waals surface area contributed by atoms with Crippen molar-refractivity contribution >= 4 is 29.0 Å². The molecule has 0 amide bonds. The highest BCUT2D eigenvalue weighted by molar-refractivity contribution is 7.99. The van der Waals surface area contributed by atoms with Crippen LogP contribution in [0.25, 0.3) is 0 Å². The molecule has 0 bridgehead atoms. The van der Waals surface area contributed by atoms with Gasteiger partial charge < -0.3 is 4.90 Å². The molecule has 1 aromatic heterocycles. The summed E-state index contributed by atoms with van der Waals surface area (Å²) in [6, 6.07) is 16.7. The first-order valence-electron chi connectivity index (χ1n) is 8.22. The molecule has 0 unspecified atom stereocenters. The number of benzene rings is 2. The molecule has 2 heterocycles. The third-order valence-corrected chi connectivity index (χ3v) is 5.29. The number of hydrogen-bond donors (Lipinski definition) is 0. The molecule has 3 aromatic rings. The molecule has 0 radical (unpaired) electrons. The summed E-state index contributed by atoms with van der Waals surface area (Å²) >= 11 is 1.78. The fourth-order valence-electron chi connectivity index (χ4n) is 2.94. The molecular weight excluding hydrogens is 334 g/mol. The van der Waals surface area contributed by atoms with Crippen LogP contribution in [0.5, 0.6) is 0 Å². The van der Waals surface area contributed by atoms with Gasteiger partial charge in [-0.05, 0) is 34.7 Å². The quantitative estimate of drug-likeness (QED) is 0.670. The van der Waals surface area contributed by atoms with Gasteiger partial charge in [0.2, 0.25) is 5.91 Å². The van der Waals surface area contributed by atoms with Gasteiger partial charge in [0.25, 0.3) is 0 Å². The van der Waals surface area contributed by atoms with Crippen molar-refractivity contribution in [3.8, 4) is 0 Å². The first-order valence-corrected chi connectivity index (χ1v) is 9.03. The molecule has 0 fully saturated rings. The van der Waals surface area contributed by atoms with Gasteiger partial charge in [0, 0.05) is 29.2 Å². The van der Waals surface area contributed by atoms with Crippen LogP contribution in [0, 0.1) is 0 Å². The summed E-state index contributed by atoms with van der Waals surface area (Å²) in [6.45, 7) is 2.51. The number of fused-ring (bicyclic) bond motifs is 2. The highest BCUT2D eigenvalue weighted by atomic mass is 32.2. The Morgan fingerprint density at radius 3 is 2.32 bits per heavy atom. The third kappa shape index (κ3) is 2.91. The summed E-state index contributed by atoms with van der Waals surface area (Å²) in [5, 5.41) is 11.5. The topological polar surface area (TPSA) is 63.9 Å². The molecule has 0 aliphatic carbocycles. The van der Waals surface area contributed by atoms with Crippen LogP contribution in [0.4, 0.5) is 11.4 Å². The Hall–Kier alpha value is -2.67. The van der Waals surface area contributed by atoms with E-state index in [1.165, 1.54) is 25.8 Å². The van der Waals surface area contributed by atoms with Crippen LogP contribution in [-0.4, -0.2) is 32.7 Å². The normalized spacial score (nSPS) is 12.6. The number of carbonyl (C=O) groups excluding carboxylic acids is 1. The summed E-state index contributed by atoms with van der Waals surface area (Å²) in [5.74, 6) is 0.509. The Kier molecular flexibility index (Phi) is 4.23. The Morgan fingerprint density at radius 2 is 1.68 bits per heavy atom. The molecule has 0 saturated heterocycles. The lowest BCUT2D eigenvalue weighted by atomic mass is 10.2. The Labute approximate surface area is 149 Å². The van der Waals surface area contributed by atoms with E-state index in [0.29, 0.717) is 25.2 Å². The molecule has 1 aliphatic rings. The molecule has 25 heavy (non-hydrogen) atoms. The monoisotopic (exact) mass is 351 g/mol. The van der Waals surface area contributed by atoms with E-state index >= 15 is 0 Å². The van der Waals surface area contributed by atoms with Crippen LogP contribution in [-0.2, 0) is 6.42 Å². The van der Waals surface area contributed by atoms with E-state index in [0.717, 1.165) is 0 Å². The molecule has 0 spiro atoms. The molecule has 1 aliphatic heterocycles. The van der Waals surface area contributed by atoms with Crippen molar-refractivity contribution in [3.63, 3.8) is 0 Å². The molecule has 6 nitrogen and oxygen atoms in total. The average molecular weight is 351 g/mol. The van der Waals surface area contributed by atoms with E-state index in [2.05, 4.69) is 56.8 Å². The minimum Gasteiger partial charge on any atom is -0.339 e. The highest BCUT2D eigenvalue weighted by Crippen LogP contribution is 2.47. The number of hydrogen-bond acceptors (Lipinski definition) is 6. The molecular formula is C18H17N5OS. The predicted octanol–water partition coefficient (Wildman–Crippen LogP) is 3.57. The van der Waals surface area contributed by atoms with Crippen LogP contribution in [0.15, 0.2) is 58.3 Å². The molecule has 126 valence electrons. The van der Waals surface area contributed by atoms with E-state index < -0.39 is 0 Å². The first-order chi connectivity index (χ1) is 12.3. The van der Waals surface area contributed by atoms with Crippen LogP contribution in [0.3, 0.4) is 0 Å². The maximum Gasteiger partial charge on any atom is 0.249 e. The standard InChI is InChI=1S/C18H17N5OS/c1-2-18(24)23-17(19-20-21-23)11-12-22-13-7-3-5-9-15(13)25-16-10-6-4-8-14(16)22/h3-10H,2,11-12H2,1H3. The Morgan fingerprint density at radius 1 is 1.04 bits per heavy atom. The fourth-order valence-corrected chi connectivity index (χ4v) is 4.03. The maximum atomic E-state index is 11.9. The number of para-hydroxylation sites is 2. The second-order valence-corrected chi connectivity index (χ2v) is 6.78. The molecule has 7 heteroatoms. The smallest absolute Gasteiger partial charge is 0.249 e. The fraction of sp³-hybridized carbons (Fsp3) is 0.222. The van der Waals surface area contributed by atoms with Crippen LogP contribution in [0.2, 0.25) is 0 Å². The number of anilines is 2. The van der Waals surface area contributed by atoms with Gasteiger partial charge in [-0.1, -0.05) is 43.0 Å². The zero-order valence-electron chi connectivity index (χ0n) is 13.8. The number of aromatic nitrogens is 4. The largest absolute Gasteiger partial charge is 0.339 e. The number of nitrogens with zero attached hydrogens (tertiary/aromatic N) is 5.